The summed E-state index contributed by atoms with van der Waals surface area (Å²) in [4.78, 5) is 10.7. The summed E-state index contributed by atoms with van der Waals surface area (Å²) in [6, 6.07) is 10.4. The maximum Gasteiger partial charge on any atom is 0.248 e. The minimum Gasteiger partial charge on any atom is -0.366 e. The van der Waals surface area contributed by atoms with Crippen LogP contribution in [0, 0.1) is 5.82 Å². The van der Waals surface area contributed by atoms with Gasteiger partial charge in [-0.3, -0.25) is 4.79 Å². The fourth-order valence-electron chi connectivity index (χ4n) is 2.11. The Kier molecular flexibility index (Phi) is 4.14. The van der Waals surface area contributed by atoms with Gasteiger partial charge in [-0.1, -0.05) is 43.0 Å². The van der Waals surface area contributed by atoms with Gasteiger partial charge in [0, 0.05) is 17.4 Å². The van der Waals surface area contributed by atoms with Crippen LogP contribution in [0.15, 0.2) is 53.9 Å². The Morgan fingerprint density at radius 1 is 1.14 bits per heavy atom. The maximum absolute atomic E-state index is 13.9. The van der Waals surface area contributed by atoms with Crippen LogP contribution in [0.25, 0.3) is 16.7 Å². The van der Waals surface area contributed by atoms with E-state index in [-0.39, 0.29) is 16.0 Å². The molecule has 0 bridgehead atoms. The minimum absolute atomic E-state index is 0.147. The Morgan fingerprint density at radius 3 is 2.23 bits per heavy atom. The lowest BCUT2D eigenvalue weighted by Gasteiger charge is -2.10. The summed E-state index contributed by atoms with van der Waals surface area (Å²) in [5.41, 5.74) is 6.60. The van der Waals surface area contributed by atoms with Crippen LogP contribution < -0.4 is 5.73 Å². The SMILES string of the molecule is C=C(C(N)=O)c1ccc(-c2cccc(F)c2S(C)(=O)=O)cc1. The molecule has 0 spiro atoms. The molecule has 0 aromatic heterocycles. The number of primary amides is 1. The highest BCUT2D eigenvalue weighted by molar-refractivity contribution is 7.90. The third kappa shape index (κ3) is 3.07. The number of amides is 1. The Labute approximate surface area is 128 Å². The second-order valence-corrected chi connectivity index (χ2v) is 6.76. The Hall–Kier alpha value is -2.47. The zero-order chi connectivity index (χ0) is 16.5. The number of hydrogen-bond acceptors (Lipinski definition) is 3. The summed E-state index contributed by atoms with van der Waals surface area (Å²) in [7, 11) is -3.72. The molecule has 0 heterocycles. The highest BCUT2D eigenvalue weighted by Crippen LogP contribution is 2.30. The average Bonchev–Trinajstić information content (AvgIpc) is 2.45. The molecule has 2 N–H and O–H groups in total. The molecule has 22 heavy (non-hydrogen) atoms. The zero-order valence-electron chi connectivity index (χ0n) is 11.8. The summed E-state index contributed by atoms with van der Waals surface area (Å²) >= 11 is 0. The first-order valence-corrected chi connectivity index (χ1v) is 8.19. The van der Waals surface area contributed by atoms with Gasteiger partial charge >= 0.3 is 0 Å². The van der Waals surface area contributed by atoms with Crippen molar-refractivity contribution in [2.45, 2.75) is 4.90 Å². The number of rotatable bonds is 4. The van der Waals surface area contributed by atoms with Gasteiger partial charge in [-0.25, -0.2) is 12.8 Å². The van der Waals surface area contributed by atoms with Gasteiger partial charge in [-0.2, -0.15) is 0 Å². The highest BCUT2D eigenvalue weighted by atomic mass is 32.2. The van der Waals surface area contributed by atoms with Crippen LogP contribution in [0.2, 0.25) is 0 Å². The molecule has 0 radical (unpaired) electrons. The molecule has 0 atom stereocenters. The lowest BCUT2D eigenvalue weighted by atomic mass is 10.0. The van der Waals surface area contributed by atoms with Crippen molar-refractivity contribution in [1.82, 2.24) is 0 Å². The lowest BCUT2D eigenvalue weighted by Crippen LogP contribution is -2.11. The van der Waals surface area contributed by atoms with E-state index in [0.717, 1.165) is 12.3 Å². The van der Waals surface area contributed by atoms with Crippen LogP contribution in [-0.4, -0.2) is 20.6 Å². The second kappa shape index (κ2) is 5.73. The summed E-state index contributed by atoms with van der Waals surface area (Å²) < 4.78 is 37.5. The predicted molar refractivity (Wildman–Crippen MR) is 83.2 cm³/mol. The summed E-state index contributed by atoms with van der Waals surface area (Å²) in [6.07, 6.45) is 0.957. The van der Waals surface area contributed by atoms with Gasteiger partial charge in [-0.05, 0) is 17.2 Å². The standard InChI is InChI=1S/C16H14FNO3S/c1-10(16(18)19)11-6-8-12(9-7-11)13-4-3-5-14(17)15(13)22(2,20)21/h3-9H,1H2,2H3,(H2,18,19). The molecule has 0 aliphatic carbocycles. The molecule has 4 nitrogen and oxygen atoms in total. The molecule has 0 aliphatic heterocycles. The van der Waals surface area contributed by atoms with Crippen LogP contribution in [-0.2, 0) is 14.6 Å². The topological polar surface area (TPSA) is 77.2 Å². The first kappa shape index (κ1) is 15.9. The van der Waals surface area contributed by atoms with Gasteiger partial charge in [-0.15, -0.1) is 0 Å². The van der Waals surface area contributed by atoms with E-state index < -0.39 is 21.6 Å². The van der Waals surface area contributed by atoms with Crippen molar-refractivity contribution in [2.75, 3.05) is 6.26 Å². The number of sulfone groups is 1. The summed E-state index contributed by atoms with van der Waals surface area (Å²) in [6.45, 7) is 3.57. The molecule has 0 unspecified atom stereocenters. The van der Waals surface area contributed by atoms with Gasteiger partial charge in [0.1, 0.15) is 10.7 Å². The largest absolute Gasteiger partial charge is 0.366 e. The monoisotopic (exact) mass is 319 g/mol. The van der Waals surface area contributed by atoms with E-state index >= 15 is 0 Å². The van der Waals surface area contributed by atoms with Crippen LogP contribution in [0.5, 0.6) is 0 Å². The fraction of sp³-hybridized carbons (Fsp3) is 0.0625. The van der Waals surface area contributed by atoms with Crippen molar-refractivity contribution in [3.8, 4) is 11.1 Å². The molecule has 0 fully saturated rings. The molecular formula is C16H14FNO3S. The summed E-state index contributed by atoms with van der Waals surface area (Å²) in [5.74, 6) is -1.44. The Balaban J connectivity index is 2.57. The predicted octanol–water partition coefficient (Wildman–Crippen LogP) is 2.39. The highest BCUT2D eigenvalue weighted by Gasteiger charge is 2.19. The molecule has 2 aromatic carbocycles. The van der Waals surface area contributed by atoms with Gasteiger partial charge in [0.05, 0.1) is 0 Å². The Morgan fingerprint density at radius 2 is 1.73 bits per heavy atom. The quantitative estimate of drug-likeness (QED) is 0.879. The second-order valence-electron chi connectivity index (χ2n) is 4.81. The normalized spacial score (nSPS) is 11.2. The Bertz CT molecular complexity index is 855. The van der Waals surface area contributed by atoms with Gasteiger partial charge in [0.2, 0.25) is 5.91 Å². The minimum atomic E-state index is -3.72. The average molecular weight is 319 g/mol. The molecule has 2 aromatic rings. The molecular weight excluding hydrogens is 305 g/mol. The molecule has 1 amide bonds. The van der Waals surface area contributed by atoms with Crippen LogP contribution in [0.3, 0.4) is 0 Å². The molecule has 0 saturated heterocycles. The van der Waals surface area contributed by atoms with Gasteiger partial charge in [0.15, 0.2) is 9.84 Å². The number of nitrogens with two attached hydrogens (primary N) is 1. The van der Waals surface area contributed by atoms with E-state index in [1.165, 1.54) is 12.1 Å². The maximum atomic E-state index is 13.9. The number of carbonyl (C=O) groups excluding carboxylic acids is 1. The number of carbonyl (C=O) groups is 1. The van der Waals surface area contributed by atoms with Gasteiger partial charge < -0.3 is 5.73 Å². The van der Waals surface area contributed by atoms with E-state index in [0.29, 0.717) is 11.1 Å². The summed E-state index contributed by atoms with van der Waals surface area (Å²) in [5, 5.41) is 0. The van der Waals surface area contributed by atoms with Crippen molar-refractivity contribution in [3.05, 3.63) is 60.4 Å². The number of halogens is 1. The molecule has 114 valence electrons. The lowest BCUT2D eigenvalue weighted by molar-refractivity contribution is -0.112. The first-order valence-electron chi connectivity index (χ1n) is 6.30. The van der Waals surface area contributed by atoms with E-state index in [2.05, 4.69) is 6.58 Å². The molecule has 0 saturated carbocycles. The molecule has 0 aliphatic rings. The zero-order valence-corrected chi connectivity index (χ0v) is 12.7. The van der Waals surface area contributed by atoms with Crippen molar-refractivity contribution in [2.24, 2.45) is 5.73 Å². The number of benzene rings is 2. The number of hydrogen-bond donors (Lipinski definition) is 1. The van der Waals surface area contributed by atoms with Crippen molar-refractivity contribution >= 4 is 21.3 Å². The van der Waals surface area contributed by atoms with E-state index in [9.17, 15) is 17.6 Å². The van der Waals surface area contributed by atoms with Crippen LogP contribution in [0.4, 0.5) is 4.39 Å². The van der Waals surface area contributed by atoms with Gasteiger partial charge in [0.25, 0.3) is 0 Å². The molecule has 2 rings (SSSR count). The van der Waals surface area contributed by atoms with Crippen molar-refractivity contribution < 1.29 is 17.6 Å². The van der Waals surface area contributed by atoms with E-state index in [4.69, 9.17) is 5.73 Å². The smallest absolute Gasteiger partial charge is 0.248 e. The fourth-order valence-corrected chi connectivity index (χ4v) is 3.11. The van der Waals surface area contributed by atoms with Crippen molar-refractivity contribution in [1.29, 1.82) is 0 Å². The molecule has 6 heteroatoms. The van der Waals surface area contributed by atoms with Crippen molar-refractivity contribution in [3.63, 3.8) is 0 Å². The third-order valence-corrected chi connectivity index (χ3v) is 4.34. The van der Waals surface area contributed by atoms with E-state index in [1.807, 2.05) is 0 Å². The van der Waals surface area contributed by atoms with Crippen LogP contribution >= 0.6 is 0 Å². The first-order chi connectivity index (χ1) is 10.2. The van der Waals surface area contributed by atoms with Crippen LogP contribution in [0.1, 0.15) is 5.56 Å². The third-order valence-electron chi connectivity index (χ3n) is 3.18. The van der Waals surface area contributed by atoms with E-state index in [1.54, 1.807) is 24.3 Å².